The second-order valence-electron chi connectivity index (χ2n) is 2.98. The Morgan fingerprint density at radius 1 is 1.56 bits per heavy atom. The van der Waals surface area contributed by atoms with Crippen molar-refractivity contribution in [3.8, 4) is 0 Å². The topological polar surface area (TPSA) is 37.1 Å². The van der Waals surface area contributed by atoms with Crippen molar-refractivity contribution in [3.05, 3.63) is 0 Å². The van der Waals surface area contributed by atoms with Crippen LogP contribution in [0.2, 0.25) is 0 Å². The van der Waals surface area contributed by atoms with Crippen LogP contribution in [0, 0.1) is 0 Å². The van der Waals surface area contributed by atoms with Gasteiger partial charge in [0.05, 0.1) is 5.88 Å². The predicted octanol–water partition coefficient (Wildman–Crippen LogP) is -0.350. The Balaban J connectivity index is 2.36. The first kappa shape index (κ1) is 7.02. The Kier molecular flexibility index (Phi) is 1.52. The van der Waals surface area contributed by atoms with E-state index in [2.05, 4.69) is 0 Å². The average molecular weight is 149 g/mol. The van der Waals surface area contributed by atoms with E-state index in [0.29, 0.717) is 0 Å². The zero-order valence-electron chi connectivity index (χ0n) is 5.63. The van der Waals surface area contributed by atoms with Gasteiger partial charge in [-0.15, -0.1) is 0 Å². The summed E-state index contributed by atoms with van der Waals surface area (Å²) in [5.41, 5.74) is 0.148. The molecule has 0 spiro atoms. The molecule has 1 aliphatic heterocycles. The van der Waals surface area contributed by atoms with E-state index in [4.69, 9.17) is 0 Å². The van der Waals surface area contributed by atoms with E-state index in [1.807, 2.05) is 18.7 Å². The molecular formula is C5H11NO2S. The van der Waals surface area contributed by atoms with Crippen LogP contribution < -0.4 is 0 Å². The second-order valence-corrected chi connectivity index (χ2v) is 3.93. The van der Waals surface area contributed by atoms with Gasteiger partial charge in [0, 0.05) is 12.1 Å². The Morgan fingerprint density at radius 3 is 2.11 bits per heavy atom. The summed E-state index contributed by atoms with van der Waals surface area (Å²) in [6, 6.07) is 0. The molecule has 1 saturated heterocycles. The lowest BCUT2D eigenvalue weighted by Gasteiger charge is -1.99. The molecule has 3 nitrogen and oxygen atoms in total. The Labute approximate surface area is 56.6 Å². The van der Waals surface area contributed by atoms with Crippen molar-refractivity contribution >= 4 is 10.7 Å². The van der Waals surface area contributed by atoms with Crippen molar-refractivity contribution in [1.82, 2.24) is 4.90 Å². The predicted molar refractivity (Wildman–Crippen MR) is 36.0 cm³/mol. The SMILES string of the molecule is CC1(C)CN1C[SH](=O)=O. The quantitative estimate of drug-likeness (QED) is 0.431. The molecule has 0 amide bonds. The minimum absolute atomic E-state index is 0.148. The summed E-state index contributed by atoms with van der Waals surface area (Å²) in [5, 5.41) is 0. The molecule has 4 heteroatoms. The first-order valence-electron chi connectivity index (χ1n) is 2.89. The van der Waals surface area contributed by atoms with Crippen LogP contribution >= 0.6 is 0 Å². The molecule has 0 aromatic heterocycles. The van der Waals surface area contributed by atoms with Crippen molar-refractivity contribution in [1.29, 1.82) is 0 Å². The molecule has 0 bridgehead atoms. The number of hydrogen-bond donors (Lipinski definition) is 1. The largest absolute Gasteiger partial charge is 0.282 e. The number of nitrogens with zero attached hydrogens (tertiary/aromatic N) is 1. The lowest BCUT2D eigenvalue weighted by atomic mass is 10.2. The molecule has 1 atom stereocenters. The van der Waals surface area contributed by atoms with E-state index in [9.17, 15) is 8.42 Å². The standard InChI is InChI=1S/C5H11NO2S/c1-5(2)3-6(5)4-9(7)8/h9H,3-4H2,1-2H3. The molecule has 0 aliphatic carbocycles. The van der Waals surface area contributed by atoms with E-state index >= 15 is 0 Å². The maximum atomic E-state index is 10.1. The number of thiol groups is 1. The van der Waals surface area contributed by atoms with Crippen LogP contribution in [-0.4, -0.2) is 31.3 Å². The van der Waals surface area contributed by atoms with Gasteiger partial charge in [-0.1, -0.05) is 0 Å². The van der Waals surface area contributed by atoms with Crippen molar-refractivity contribution in [2.75, 3.05) is 12.4 Å². The van der Waals surface area contributed by atoms with Gasteiger partial charge >= 0.3 is 0 Å². The second kappa shape index (κ2) is 1.95. The summed E-state index contributed by atoms with van der Waals surface area (Å²) >= 11 is 0. The van der Waals surface area contributed by atoms with E-state index in [1.165, 1.54) is 0 Å². The summed E-state index contributed by atoms with van der Waals surface area (Å²) in [7, 11) is -2.21. The first-order chi connectivity index (χ1) is 4.02. The zero-order valence-corrected chi connectivity index (χ0v) is 6.52. The molecule has 0 aromatic rings. The van der Waals surface area contributed by atoms with E-state index in [-0.39, 0.29) is 11.4 Å². The van der Waals surface area contributed by atoms with Gasteiger partial charge in [0.25, 0.3) is 0 Å². The van der Waals surface area contributed by atoms with Gasteiger partial charge in [-0.25, -0.2) is 8.42 Å². The molecule has 0 aromatic carbocycles. The fourth-order valence-corrected chi connectivity index (χ4v) is 1.57. The molecule has 0 radical (unpaired) electrons. The smallest absolute Gasteiger partial charge is 0.153 e. The maximum Gasteiger partial charge on any atom is 0.153 e. The molecule has 9 heavy (non-hydrogen) atoms. The van der Waals surface area contributed by atoms with Crippen molar-refractivity contribution < 1.29 is 8.42 Å². The van der Waals surface area contributed by atoms with Gasteiger partial charge in [-0.2, -0.15) is 0 Å². The summed E-state index contributed by atoms with van der Waals surface area (Å²) in [4.78, 5) is 1.92. The van der Waals surface area contributed by atoms with Gasteiger partial charge in [-0.3, -0.25) is 4.90 Å². The summed E-state index contributed by atoms with van der Waals surface area (Å²) in [6.07, 6.45) is 0. The van der Waals surface area contributed by atoms with Crippen LogP contribution in [0.3, 0.4) is 0 Å². The third-order valence-corrected chi connectivity index (χ3v) is 2.19. The molecule has 1 rings (SSSR count). The molecule has 54 valence electrons. The highest BCUT2D eigenvalue weighted by molar-refractivity contribution is 7.72. The Bertz CT molecular complexity index is 177. The van der Waals surface area contributed by atoms with Crippen molar-refractivity contribution in [3.63, 3.8) is 0 Å². The lowest BCUT2D eigenvalue weighted by molar-refractivity contribution is 0.496. The minimum Gasteiger partial charge on any atom is -0.282 e. The van der Waals surface area contributed by atoms with Crippen LogP contribution in [0.25, 0.3) is 0 Å². The van der Waals surface area contributed by atoms with Gasteiger partial charge in [0.1, 0.15) is 0 Å². The Hall–Kier alpha value is -0.0900. The van der Waals surface area contributed by atoms with Crippen molar-refractivity contribution in [2.45, 2.75) is 19.4 Å². The van der Waals surface area contributed by atoms with Crippen LogP contribution in [-0.2, 0) is 10.7 Å². The molecule has 0 saturated carbocycles. The highest BCUT2D eigenvalue weighted by atomic mass is 32.2. The van der Waals surface area contributed by atoms with E-state index in [0.717, 1.165) is 6.54 Å². The van der Waals surface area contributed by atoms with E-state index < -0.39 is 10.7 Å². The lowest BCUT2D eigenvalue weighted by Crippen LogP contribution is -2.10. The Morgan fingerprint density at radius 2 is 2.00 bits per heavy atom. The van der Waals surface area contributed by atoms with Crippen LogP contribution in [0.1, 0.15) is 13.8 Å². The van der Waals surface area contributed by atoms with Crippen LogP contribution in [0.15, 0.2) is 0 Å². The minimum atomic E-state index is -2.21. The van der Waals surface area contributed by atoms with Gasteiger partial charge in [0.2, 0.25) is 0 Å². The zero-order chi connectivity index (χ0) is 7.07. The van der Waals surface area contributed by atoms with Gasteiger partial charge in [0.15, 0.2) is 10.7 Å². The molecule has 1 heterocycles. The fraction of sp³-hybridized carbons (Fsp3) is 1.00. The molecular weight excluding hydrogens is 138 g/mol. The first-order valence-corrected chi connectivity index (χ1v) is 4.25. The summed E-state index contributed by atoms with van der Waals surface area (Å²) in [6.45, 7) is 4.98. The molecule has 1 fully saturated rings. The van der Waals surface area contributed by atoms with Crippen LogP contribution in [0.5, 0.6) is 0 Å². The van der Waals surface area contributed by atoms with Gasteiger partial charge in [-0.05, 0) is 13.8 Å². The third-order valence-electron chi connectivity index (χ3n) is 1.62. The third kappa shape index (κ3) is 1.66. The van der Waals surface area contributed by atoms with Gasteiger partial charge < -0.3 is 0 Å². The highest BCUT2D eigenvalue weighted by Gasteiger charge is 2.42. The highest BCUT2D eigenvalue weighted by Crippen LogP contribution is 2.29. The number of rotatable bonds is 2. The number of hydrogen-bond acceptors (Lipinski definition) is 3. The molecule has 1 unspecified atom stereocenters. The summed E-state index contributed by atoms with van der Waals surface area (Å²) in [5.74, 6) is 0.225. The van der Waals surface area contributed by atoms with Crippen molar-refractivity contribution in [2.24, 2.45) is 0 Å². The summed E-state index contributed by atoms with van der Waals surface area (Å²) < 4.78 is 20.3. The van der Waals surface area contributed by atoms with Crippen LogP contribution in [0.4, 0.5) is 0 Å². The monoisotopic (exact) mass is 149 g/mol. The molecule has 1 aliphatic rings. The maximum absolute atomic E-state index is 10.1. The normalized spacial score (nSPS) is 30.8. The van der Waals surface area contributed by atoms with E-state index in [1.54, 1.807) is 0 Å². The average Bonchev–Trinajstić information content (AvgIpc) is 2.10. The fourth-order valence-electron chi connectivity index (χ4n) is 0.813. The molecule has 0 N–H and O–H groups in total.